The number of amides is 2. The molecule has 18 nitrogen and oxygen atoms in total. The zero-order valence-electron chi connectivity index (χ0n) is 27.1. The van der Waals surface area contributed by atoms with Crippen molar-refractivity contribution in [2.45, 2.75) is 75.8 Å². The lowest BCUT2D eigenvalue weighted by Crippen LogP contribution is -2.76. The fraction of sp³-hybridized carbons (Fsp3) is 0.517. The van der Waals surface area contributed by atoms with Crippen molar-refractivity contribution in [3.63, 3.8) is 0 Å². The number of nitrogens with zero attached hydrogens (tertiary/aromatic N) is 4. The van der Waals surface area contributed by atoms with Crippen LogP contribution < -0.4 is 26.4 Å². The lowest BCUT2D eigenvalue weighted by atomic mass is 9.84. The number of hydrogen-bond donors (Lipinski definition) is 6. The molecule has 0 spiro atoms. The van der Waals surface area contributed by atoms with Gasteiger partial charge < -0.3 is 36.4 Å². The van der Waals surface area contributed by atoms with Crippen LogP contribution in [0.3, 0.4) is 0 Å². The number of oxime groups is 1. The summed E-state index contributed by atoms with van der Waals surface area (Å²) < 4.78 is 41.8. The third-order valence-electron chi connectivity index (χ3n) is 8.53. The second-order valence-electron chi connectivity index (χ2n) is 12.4. The number of nitrogens with one attached hydrogen (secondary N) is 3. The summed E-state index contributed by atoms with van der Waals surface area (Å²) >= 11 is 0.974. The number of carboxylic acids is 1. The van der Waals surface area contributed by atoms with Crippen LogP contribution in [-0.4, -0.2) is 107 Å². The highest BCUT2D eigenvalue weighted by Crippen LogP contribution is 2.35. The molecule has 20 heteroatoms. The van der Waals surface area contributed by atoms with E-state index in [9.17, 15) is 27.9 Å². The summed E-state index contributed by atoms with van der Waals surface area (Å²) in [5.41, 5.74) is 3.44. The predicted octanol–water partition coefficient (Wildman–Crippen LogP) is 0.241. The number of hydroxylamine groups is 2. The molecule has 0 aliphatic carbocycles. The summed E-state index contributed by atoms with van der Waals surface area (Å²) in [5.74, 6) is -2.14. The number of amidine groups is 1. The summed E-state index contributed by atoms with van der Waals surface area (Å²) in [4.78, 5) is 53.2. The number of nitrogen functional groups attached to an aromatic ring is 1. The minimum Gasteiger partial charge on any atom is -0.485 e. The zero-order valence-corrected chi connectivity index (χ0v) is 28.8. The van der Waals surface area contributed by atoms with Gasteiger partial charge in [0.25, 0.3) is 17.4 Å². The standard InChI is InChI=1S/C29H38N8O10S2/c1-28(2)22(25(39)37(28)47-49(42,43)44)35-24(38)21(18-14-48-27(30)34-18)36-46-29(3,26(40)41)20-10-8-15-12-16(7-9-19(15)45-20)23-32-13-17(33-23)6-5-11-31-4/h7,9,12,14,17,20,22,31H,5-6,8,10-11,13H2,1-4H3,(H2,30,34)(H,32,33)(H,35,38)(H,40,41)(H,42,43,44)/b36-21-/t17-,20+,22+,29-/m0/s1. The number of carbonyl (C=O) groups is 3. The first-order valence-electron chi connectivity index (χ1n) is 15.3. The fourth-order valence-electron chi connectivity index (χ4n) is 5.67. The van der Waals surface area contributed by atoms with E-state index in [2.05, 4.69) is 30.4 Å². The Kier molecular flexibility index (Phi) is 10.2. The molecule has 7 N–H and O–H groups in total. The normalized spacial score (nSPS) is 22.9. The molecule has 4 heterocycles. The van der Waals surface area contributed by atoms with E-state index < -0.39 is 57.2 Å². The van der Waals surface area contributed by atoms with Crippen molar-refractivity contribution in [2.75, 3.05) is 25.9 Å². The first-order valence-corrected chi connectivity index (χ1v) is 17.6. The van der Waals surface area contributed by atoms with Crippen LogP contribution in [-0.2, 0) is 40.3 Å². The van der Waals surface area contributed by atoms with E-state index in [0.29, 0.717) is 17.2 Å². The second kappa shape index (κ2) is 13.9. The minimum atomic E-state index is -5.02. The number of hydrogen-bond acceptors (Lipinski definition) is 15. The van der Waals surface area contributed by atoms with Gasteiger partial charge >= 0.3 is 16.4 Å². The van der Waals surface area contributed by atoms with Crippen LogP contribution in [0.5, 0.6) is 5.75 Å². The van der Waals surface area contributed by atoms with Crippen molar-refractivity contribution in [3.8, 4) is 5.75 Å². The van der Waals surface area contributed by atoms with Gasteiger partial charge in [-0.15, -0.1) is 15.6 Å². The first-order chi connectivity index (χ1) is 23.0. The summed E-state index contributed by atoms with van der Waals surface area (Å²) in [7, 11) is -3.10. The highest BCUT2D eigenvalue weighted by molar-refractivity contribution is 7.80. The molecule has 2 aromatic rings. The van der Waals surface area contributed by atoms with Gasteiger partial charge in [0.15, 0.2) is 16.9 Å². The molecule has 4 atom stereocenters. The molecule has 3 aliphatic rings. The van der Waals surface area contributed by atoms with Crippen LogP contribution in [0.25, 0.3) is 0 Å². The van der Waals surface area contributed by atoms with Crippen molar-refractivity contribution in [1.82, 2.24) is 26.0 Å². The summed E-state index contributed by atoms with van der Waals surface area (Å²) in [6, 6.07) is 4.43. The minimum absolute atomic E-state index is 0.0685. The number of carbonyl (C=O) groups excluding carboxylic acids is 2. The van der Waals surface area contributed by atoms with Gasteiger partial charge in [0, 0.05) is 17.5 Å². The number of aliphatic imine (C=N–C) groups is 1. The molecular formula is C29H38N8O10S2. The Morgan fingerprint density at radius 1 is 1.35 bits per heavy atom. The van der Waals surface area contributed by atoms with Crippen LogP contribution in [0.4, 0.5) is 5.13 Å². The Labute approximate surface area is 286 Å². The molecule has 0 saturated carbocycles. The van der Waals surface area contributed by atoms with Gasteiger partial charge in [-0.1, -0.05) is 5.16 Å². The highest BCUT2D eigenvalue weighted by Gasteiger charge is 2.58. The van der Waals surface area contributed by atoms with Gasteiger partial charge in [-0.25, -0.2) is 9.78 Å². The van der Waals surface area contributed by atoms with Crippen LogP contribution in [0.1, 0.15) is 56.9 Å². The van der Waals surface area contributed by atoms with Crippen LogP contribution in [0.2, 0.25) is 0 Å². The maximum atomic E-state index is 13.5. The Hall–Kier alpha value is -4.37. The van der Waals surface area contributed by atoms with Crippen LogP contribution >= 0.6 is 11.3 Å². The van der Waals surface area contributed by atoms with Gasteiger partial charge in [0.05, 0.1) is 11.6 Å². The van der Waals surface area contributed by atoms with Gasteiger partial charge in [-0.3, -0.25) is 19.1 Å². The molecule has 5 rings (SSSR count). The van der Waals surface area contributed by atoms with Crippen molar-refractivity contribution in [3.05, 3.63) is 40.4 Å². The van der Waals surface area contributed by atoms with E-state index >= 15 is 0 Å². The molecule has 1 saturated heterocycles. The zero-order chi connectivity index (χ0) is 35.7. The number of carboxylic acid groups (broad SMARTS) is 1. The smallest absolute Gasteiger partial charge is 0.418 e. The molecule has 3 aliphatic heterocycles. The Morgan fingerprint density at radius 2 is 2.10 bits per heavy atom. The van der Waals surface area contributed by atoms with E-state index in [1.807, 2.05) is 19.2 Å². The molecule has 0 unspecified atom stereocenters. The fourth-order valence-corrected chi connectivity index (χ4v) is 6.67. The van der Waals surface area contributed by atoms with Crippen molar-refractivity contribution in [2.24, 2.45) is 10.1 Å². The summed E-state index contributed by atoms with van der Waals surface area (Å²) in [6.07, 6.45) is 1.64. The van der Waals surface area contributed by atoms with Gasteiger partial charge in [-0.2, -0.15) is 13.5 Å². The molecule has 0 bridgehead atoms. The van der Waals surface area contributed by atoms with E-state index in [4.69, 9.17) is 24.9 Å². The summed E-state index contributed by atoms with van der Waals surface area (Å²) in [5, 5.41) is 25.0. The number of rotatable bonds is 14. The lowest BCUT2D eigenvalue weighted by Gasteiger charge is -2.50. The number of nitrogens with two attached hydrogens (primary N) is 1. The maximum Gasteiger partial charge on any atom is 0.418 e. The second-order valence-corrected chi connectivity index (χ2v) is 14.3. The topological polar surface area (TPSA) is 256 Å². The Balaban J connectivity index is 1.33. The molecule has 0 radical (unpaired) electrons. The van der Waals surface area contributed by atoms with Crippen molar-refractivity contribution in [1.29, 1.82) is 0 Å². The van der Waals surface area contributed by atoms with E-state index in [0.717, 1.165) is 54.2 Å². The van der Waals surface area contributed by atoms with E-state index in [-0.39, 0.29) is 23.3 Å². The third-order valence-corrected chi connectivity index (χ3v) is 9.54. The number of β-lactam (4-membered cyclic amide) rings is 1. The van der Waals surface area contributed by atoms with Gasteiger partial charge in [0.1, 0.15) is 23.3 Å². The average Bonchev–Trinajstić information content (AvgIpc) is 3.70. The number of fused-ring (bicyclic) bond motifs is 1. The largest absolute Gasteiger partial charge is 0.485 e. The molecule has 1 aromatic carbocycles. The summed E-state index contributed by atoms with van der Waals surface area (Å²) in [6.45, 7) is 5.70. The van der Waals surface area contributed by atoms with Crippen LogP contribution in [0.15, 0.2) is 33.7 Å². The van der Waals surface area contributed by atoms with Gasteiger partial charge in [-0.05, 0) is 83.8 Å². The number of aliphatic carboxylic acids is 1. The molecule has 49 heavy (non-hydrogen) atoms. The van der Waals surface area contributed by atoms with Crippen LogP contribution in [0, 0.1) is 0 Å². The molecule has 2 amide bonds. The predicted molar refractivity (Wildman–Crippen MR) is 176 cm³/mol. The van der Waals surface area contributed by atoms with E-state index in [1.165, 1.54) is 26.2 Å². The molecule has 1 aromatic heterocycles. The number of aryl methyl sites for hydroxylation is 1. The molecule has 1 fully saturated rings. The van der Waals surface area contributed by atoms with Crippen molar-refractivity contribution >= 4 is 56.2 Å². The number of anilines is 1. The molecular weight excluding hydrogens is 684 g/mol. The monoisotopic (exact) mass is 722 g/mol. The third kappa shape index (κ3) is 7.62. The number of ether oxygens (including phenoxy) is 1. The number of thiazole rings is 1. The maximum absolute atomic E-state index is 13.5. The highest BCUT2D eigenvalue weighted by atomic mass is 32.3. The Morgan fingerprint density at radius 3 is 2.73 bits per heavy atom. The number of aromatic nitrogens is 1. The Bertz CT molecular complexity index is 1800. The van der Waals surface area contributed by atoms with Crippen molar-refractivity contribution < 1.29 is 46.3 Å². The molecule has 266 valence electrons. The average molecular weight is 723 g/mol. The number of benzene rings is 1. The lowest BCUT2D eigenvalue weighted by molar-refractivity contribution is -0.218. The first kappa shape index (κ1) is 35.9. The quantitative estimate of drug-likeness (QED) is 0.0502. The van der Waals surface area contributed by atoms with E-state index in [1.54, 1.807) is 6.07 Å². The van der Waals surface area contributed by atoms with Gasteiger partial charge in [0.2, 0.25) is 0 Å². The SMILES string of the molecule is CNCCC[C@H]1CNC(c2ccc3c(c2)CC[C@H]([C@](C)(O/N=C(\C(=O)N[C@@H]2C(=O)N(OS(=O)(=O)O)C2(C)C)c2csc(N)n2)C(=O)O)O3)=N1.